The first kappa shape index (κ1) is 21.1. The number of aromatic carboxylic acids is 1. The number of alkyl halides is 3. The van der Waals surface area contributed by atoms with Crippen LogP contribution >= 0.6 is 11.3 Å². The van der Waals surface area contributed by atoms with E-state index in [-0.39, 0.29) is 34.9 Å². The summed E-state index contributed by atoms with van der Waals surface area (Å²) in [5.41, 5.74) is 1.13. The molecule has 2 atom stereocenters. The number of halogens is 3. The summed E-state index contributed by atoms with van der Waals surface area (Å²) in [7, 11) is 0. The second kappa shape index (κ2) is 7.84. The summed E-state index contributed by atoms with van der Waals surface area (Å²) in [5.74, 6) is -2.40. The number of carboxylic acids is 1. The van der Waals surface area contributed by atoms with E-state index in [1.54, 1.807) is 25.1 Å². The lowest BCUT2D eigenvalue weighted by atomic mass is 10.1. The maximum atomic E-state index is 12.6. The normalized spacial score (nSPS) is 18.1. The molecular formula is C21H16F3NO5S. The number of carbonyl (C=O) groups is 2. The molecule has 10 heteroatoms. The molecule has 162 valence electrons. The van der Waals surface area contributed by atoms with Gasteiger partial charge in [0, 0.05) is 27.3 Å². The summed E-state index contributed by atoms with van der Waals surface area (Å²) in [6, 6.07) is 8.70. The van der Waals surface area contributed by atoms with Crippen LogP contribution in [0, 0.1) is 5.92 Å². The molecule has 0 saturated heterocycles. The fraction of sp³-hybridized carbons (Fsp3) is 0.286. The fourth-order valence-corrected chi connectivity index (χ4v) is 4.54. The van der Waals surface area contributed by atoms with Crippen LogP contribution in [0.5, 0.6) is 5.75 Å². The Morgan fingerprint density at radius 3 is 2.71 bits per heavy atom. The molecule has 3 aromatic rings. The number of carboxylic acid groups (broad SMARTS) is 1. The molecule has 0 spiro atoms. The Hall–Kier alpha value is -3.14. The number of hydrogen-bond donors (Lipinski definition) is 1. The molecule has 0 bridgehead atoms. The van der Waals surface area contributed by atoms with E-state index < -0.39 is 18.1 Å². The zero-order valence-electron chi connectivity index (χ0n) is 16.1. The van der Waals surface area contributed by atoms with Gasteiger partial charge < -0.3 is 14.6 Å². The minimum Gasteiger partial charge on any atom is -0.477 e. The molecule has 1 aliphatic rings. The van der Waals surface area contributed by atoms with Gasteiger partial charge in [-0.25, -0.2) is 4.79 Å². The predicted molar refractivity (Wildman–Crippen MR) is 106 cm³/mol. The highest BCUT2D eigenvalue weighted by Gasteiger charge is 2.46. The van der Waals surface area contributed by atoms with Gasteiger partial charge in [0.05, 0.1) is 18.2 Å². The van der Waals surface area contributed by atoms with Crippen molar-refractivity contribution in [3.63, 3.8) is 0 Å². The zero-order chi connectivity index (χ0) is 22.3. The smallest absolute Gasteiger partial charge is 0.477 e. The number of benzene rings is 1. The van der Waals surface area contributed by atoms with Gasteiger partial charge in [0.15, 0.2) is 0 Å². The van der Waals surface area contributed by atoms with Crippen LogP contribution in [0.1, 0.15) is 34.6 Å². The standard InChI is InChI=1S/C21H16F3NO5S/c1-2-29-20(28)12-9-11(12)14-4-3-5-15(25-14)17-13-8-10(30-21(22,23)24)6-7-16(13)31-18(17)19(26)27/h3-8,11-12H,2,9H2,1H3,(H,26,27). The van der Waals surface area contributed by atoms with Crippen molar-refractivity contribution in [2.75, 3.05) is 6.61 Å². The molecule has 1 aromatic carbocycles. The molecule has 6 nitrogen and oxygen atoms in total. The van der Waals surface area contributed by atoms with Crippen molar-refractivity contribution in [3.05, 3.63) is 47.0 Å². The van der Waals surface area contributed by atoms with E-state index in [4.69, 9.17) is 4.74 Å². The lowest BCUT2D eigenvalue weighted by molar-refractivity contribution is -0.274. The summed E-state index contributed by atoms with van der Waals surface area (Å²) < 4.78 is 47.4. The average Bonchev–Trinajstić information content (AvgIpc) is 3.41. The Labute approximate surface area is 178 Å². The highest BCUT2D eigenvalue weighted by Crippen LogP contribution is 2.48. The Kier molecular flexibility index (Phi) is 5.34. The first-order chi connectivity index (χ1) is 14.7. The predicted octanol–water partition coefficient (Wildman–Crippen LogP) is 5.23. The maximum absolute atomic E-state index is 12.6. The van der Waals surface area contributed by atoms with E-state index in [0.717, 1.165) is 23.5 Å². The zero-order valence-corrected chi connectivity index (χ0v) is 16.9. The lowest BCUT2D eigenvalue weighted by Crippen LogP contribution is -2.16. The van der Waals surface area contributed by atoms with Gasteiger partial charge in [0.25, 0.3) is 0 Å². The molecule has 1 N–H and O–H groups in total. The first-order valence-electron chi connectivity index (χ1n) is 9.37. The van der Waals surface area contributed by atoms with E-state index in [1.165, 1.54) is 6.07 Å². The van der Waals surface area contributed by atoms with E-state index in [9.17, 15) is 27.9 Å². The van der Waals surface area contributed by atoms with Gasteiger partial charge in [-0.2, -0.15) is 0 Å². The van der Waals surface area contributed by atoms with Crippen molar-refractivity contribution in [1.29, 1.82) is 0 Å². The first-order valence-corrected chi connectivity index (χ1v) is 10.2. The van der Waals surface area contributed by atoms with Gasteiger partial charge in [-0.15, -0.1) is 24.5 Å². The summed E-state index contributed by atoms with van der Waals surface area (Å²) in [4.78, 5) is 28.3. The van der Waals surface area contributed by atoms with E-state index in [0.29, 0.717) is 27.9 Å². The minimum absolute atomic E-state index is 0.0402. The number of thiophene rings is 1. The van der Waals surface area contributed by atoms with E-state index >= 15 is 0 Å². The number of ether oxygens (including phenoxy) is 2. The third-order valence-corrected chi connectivity index (χ3v) is 6.03. The quantitative estimate of drug-likeness (QED) is 0.517. The number of carbonyl (C=O) groups excluding carboxylic acids is 1. The number of nitrogens with zero attached hydrogens (tertiary/aromatic N) is 1. The monoisotopic (exact) mass is 451 g/mol. The number of fused-ring (bicyclic) bond motifs is 1. The summed E-state index contributed by atoms with van der Waals surface area (Å²) in [6.07, 6.45) is -4.29. The molecule has 1 saturated carbocycles. The Bertz CT molecular complexity index is 1170. The van der Waals surface area contributed by atoms with Gasteiger partial charge in [0.1, 0.15) is 10.6 Å². The van der Waals surface area contributed by atoms with Gasteiger partial charge in [0.2, 0.25) is 0 Å². The van der Waals surface area contributed by atoms with Crippen LogP contribution in [-0.4, -0.2) is 35.0 Å². The summed E-state index contributed by atoms with van der Waals surface area (Å²) in [6.45, 7) is 2.00. The SMILES string of the molecule is CCOC(=O)C1CC1c1cccc(-c2c(C(=O)O)sc3ccc(OC(F)(F)F)cc23)n1. The molecule has 2 aromatic heterocycles. The number of hydrogen-bond acceptors (Lipinski definition) is 6. The second-order valence-electron chi connectivity index (χ2n) is 6.97. The molecule has 4 rings (SSSR count). The Morgan fingerprint density at radius 1 is 1.26 bits per heavy atom. The Balaban J connectivity index is 1.76. The third kappa shape index (κ3) is 4.34. The average molecular weight is 451 g/mol. The van der Waals surface area contributed by atoms with Crippen molar-refractivity contribution >= 4 is 33.4 Å². The van der Waals surface area contributed by atoms with Crippen molar-refractivity contribution < 1.29 is 37.3 Å². The molecule has 31 heavy (non-hydrogen) atoms. The van der Waals surface area contributed by atoms with E-state index in [1.807, 2.05) is 0 Å². The topological polar surface area (TPSA) is 85.7 Å². The van der Waals surface area contributed by atoms with Crippen molar-refractivity contribution in [2.24, 2.45) is 5.92 Å². The molecule has 0 amide bonds. The van der Waals surface area contributed by atoms with Gasteiger partial charge in [-0.3, -0.25) is 9.78 Å². The van der Waals surface area contributed by atoms with Crippen molar-refractivity contribution in [2.45, 2.75) is 25.6 Å². The van der Waals surface area contributed by atoms with Crippen LogP contribution in [-0.2, 0) is 9.53 Å². The van der Waals surface area contributed by atoms with Crippen LogP contribution in [0.25, 0.3) is 21.3 Å². The molecule has 2 unspecified atom stereocenters. The maximum Gasteiger partial charge on any atom is 0.573 e. The van der Waals surface area contributed by atoms with Crippen LogP contribution in [0.4, 0.5) is 13.2 Å². The highest BCUT2D eigenvalue weighted by atomic mass is 32.1. The van der Waals surface area contributed by atoms with Gasteiger partial charge >= 0.3 is 18.3 Å². The van der Waals surface area contributed by atoms with Crippen molar-refractivity contribution in [1.82, 2.24) is 4.98 Å². The van der Waals surface area contributed by atoms with Crippen LogP contribution in [0.3, 0.4) is 0 Å². The summed E-state index contributed by atoms with van der Waals surface area (Å²) in [5, 5.41) is 9.96. The number of pyridine rings is 1. The number of rotatable bonds is 6. The number of aromatic nitrogens is 1. The van der Waals surface area contributed by atoms with E-state index in [2.05, 4.69) is 9.72 Å². The number of esters is 1. The minimum atomic E-state index is -4.87. The van der Waals surface area contributed by atoms with Crippen LogP contribution in [0.15, 0.2) is 36.4 Å². The molecule has 0 aliphatic heterocycles. The Morgan fingerprint density at radius 2 is 2.03 bits per heavy atom. The largest absolute Gasteiger partial charge is 0.573 e. The fourth-order valence-electron chi connectivity index (χ4n) is 3.51. The highest BCUT2D eigenvalue weighted by molar-refractivity contribution is 7.21. The molecular weight excluding hydrogens is 435 g/mol. The van der Waals surface area contributed by atoms with Crippen LogP contribution < -0.4 is 4.74 Å². The lowest BCUT2D eigenvalue weighted by Gasteiger charge is -2.09. The molecule has 0 radical (unpaired) electrons. The van der Waals surface area contributed by atoms with Gasteiger partial charge in [-0.1, -0.05) is 6.07 Å². The third-order valence-electron chi connectivity index (χ3n) is 4.87. The molecule has 1 fully saturated rings. The molecule has 1 aliphatic carbocycles. The molecule has 2 heterocycles. The van der Waals surface area contributed by atoms with Crippen molar-refractivity contribution in [3.8, 4) is 17.0 Å². The second-order valence-corrected chi connectivity index (χ2v) is 8.02. The summed E-state index contributed by atoms with van der Waals surface area (Å²) >= 11 is 0.945. The van der Waals surface area contributed by atoms with Gasteiger partial charge in [-0.05, 0) is 43.7 Å². The van der Waals surface area contributed by atoms with Crippen LogP contribution in [0.2, 0.25) is 0 Å².